The molecular weight excluding hydrogens is 248 g/mol. The molecule has 1 heterocycles. The predicted molar refractivity (Wildman–Crippen MR) is 45.5 cm³/mol. The number of halogens is 2. The second-order valence-electron chi connectivity index (χ2n) is 2.40. The van der Waals surface area contributed by atoms with Crippen LogP contribution in [0, 0.1) is 0 Å². The second kappa shape index (κ2) is 3.35. The van der Waals surface area contributed by atoms with Crippen molar-refractivity contribution in [1.29, 1.82) is 0 Å². The van der Waals surface area contributed by atoms with Crippen LogP contribution < -0.4 is 0 Å². The lowest BCUT2D eigenvalue weighted by Gasteiger charge is -2.22. The maximum atomic E-state index is 5.55. The van der Waals surface area contributed by atoms with Gasteiger partial charge in [0.1, 0.15) is 0 Å². The molecule has 9 heavy (non-hydrogen) atoms. The maximum Gasteiger partial charge on any atom is 0.0875 e. The number of alkyl halides is 2. The van der Waals surface area contributed by atoms with Gasteiger partial charge in [0.2, 0.25) is 0 Å². The van der Waals surface area contributed by atoms with Gasteiger partial charge in [-0.2, -0.15) is 0 Å². The third-order valence-electron chi connectivity index (χ3n) is 1.67. The van der Waals surface area contributed by atoms with Crippen molar-refractivity contribution in [3.8, 4) is 0 Å². The Labute approximate surface area is 72.4 Å². The summed E-state index contributed by atoms with van der Waals surface area (Å²) in [6.45, 7) is 0.928. The van der Waals surface area contributed by atoms with Crippen LogP contribution in [0.1, 0.15) is 12.8 Å². The molecule has 0 aromatic heterocycles. The zero-order chi connectivity index (χ0) is 6.74. The molecule has 0 unspecified atom stereocenters. The van der Waals surface area contributed by atoms with Gasteiger partial charge in [0.15, 0.2) is 0 Å². The van der Waals surface area contributed by atoms with Crippen LogP contribution in [0.4, 0.5) is 0 Å². The van der Waals surface area contributed by atoms with Crippen LogP contribution in [-0.4, -0.2) is 22.9 Å². The largest absolute Gasteiger partial charge is 0.373 e. The van der Waals surface area contributed by atoms with Gasteiger partial charge in [-0.25, -0.2) is 0 Å². The van der Waals surface area contributed by atoms with Crippen molar-refractivity contribution in [2.24, 2.45) is 0 Å². The van der Waals surface area contributed by atoms with Crippen molar-refractivity contribution < 1.29 is 4.74 Å². The summed E-state index contributed by atoms with van der Waals surface area (Å²) in [6, 6.07) is 0. The molecule has 1 aliphatic rings. The number of rotatable bonds is 2. The Morgan fingerprint density at radius 3 is 2.22 bits per heavy atom. The van der Waals surface area contributed by atoms with Gasteiger partial charge in [0, 0.05) is 17.3 Å². The molecule has 0 N–H and O–H groups in total. The summed E-state index contributed by atoms with van der Waals surface area (Å²) >= 11 is 6.88. The van der Waals surface area contributed by atoms with E-state index in [1.165, 1.54) is 12.8 Å². The van der Waals surface area contributed by atoms with E-state index < -0.39 is 0 Å². The molecule has 1 fully saturated rings. The maximum absolute atomic E-state index is 5.55. The molecule has 0 radical (unpaired) electrons. The highest BCUT2D eigenvalue weighted by atomic mass is 79.9. The average Bonchev–Trinajstić information content (AvgIpc) is 2.36. The summed E-state index contributed by atoms with van der Waals surface area (Å²) in [6.07, 6.45) is 2.39. The van der Waals surface area contributed by atoms with Crippen LogP contribution >= 0.6 is 31.9 Å². The Morgan fingerprint density at radius 2 is 2.00 bits per heavy atom. The van der Waals surface area contributed by atoms with Crippen LogP contribution in [0.5, 0.6) is 0 Å². The van der Waals surface area contributed by atoms with E-state index >= 15 is 0 Å². The normalized spacial score (nSPS) is 24.7. The lowest BCUT2D eigenvalue weighted by Crippen LogP contribution is -2.31. The molecule has 3 heteroatoms. The monoisotopic (exact) mass is 256 g/mol. The van der Waals surface area contributed by atoms with E-state index in [4.69, 9.17) is 4.74 Å². The van der Waals surface area contributed by atoms with Crippen molar-refractivity contribution in [2.75, 3.05) is 17.3 Å². The molecule has 0 saturated carbocycles. The Balaban J connectivity index is 2.45. The van der Waals surface area contributed by atoms with Gasteiger partial charge in [-0.1, -0.05) is 31.9 Å². The van der Waals surface area contributed by atoms with Gasteiger partial charge >= 0.3 is 0 Å². The first-order valence-electron chi connectivity index (χ1n) is 3.09. The summed E-state index contributed by atoms with van der Waals surface area (Å²) in [5.74, 6) is 0. The van der Waals surface area contributed by atoms with Crippen molar-refractivity contribution in [3.05, 3.63) is 0 Å². The smallest absolute Gasteiger partial charge is 0.0875 e. The molecule has 0 spiro atoms. The molecule has 1 nitrogen and oxygen atoms in total. The quantitative estimate of drug-likeness (QED) is 0.690. The van der Waals surface area contributed by atoms with Gasteiger partial charge in [-0.15, -0.1) is 0 Å². The Kier molecular flexibility index (Phi) is 2.99. The van der Waals surface area contributed by atoms with E-state index in [9.17, 15) is 0 Å². The third-order valence-corrected chi connectivity index (χ3v) is 3.72. The minimum absolute atomic E-state index is 0.111. The summed E-state index contributed by atoms with van der Waals surface area (Å²) < 4.78 is 5.55. The van der Waals surface area contributed by atoms with Crippen LogP contribution in [0.25, 0.3) is 0 Å². The van der Waals surface area contributed by atoms with Crippen LogP contribution in [0.2, 0.25) is 0 Å². The zero-order valence-corrected chi connectivity index (χ0v) is 8.37. The molecule has 54 valence electrons. The average molecular weight is 258 g/mol. The fraction of sp³-hybridized carbons (Fsp3) is 1.00. The van der Waals surface area contributed by atoms with Gasteiger partial charge < -0.3 is 4.74 Å². The van der Waals surface area contributed by atoms with Gasteiger partial charge in [0.05, 0.1) is 5.60 Å². The summed E-state index contributed by atoms with van der Waals surface area (Å²) in [5.41, 5.74) is 0.111. The molecule has 0 amide bonds. The van der Waals surface area contributed by atoms with Crippen molar-refractivity contribution >= 4 is 31.9 Å². The minimum Gasteiger partial charge on any atom is -0.373 e. The first-order chi connectivity index (χ1) is 4.33. The highest BCUT2D eigenvalue weighted by molar-refractivity contribution is 9.09. The number of hydrogen-bond acceptors (Lipinski definition) is 1. The molecule has 0 aromatic carbocycles. The van der Waals surface area contributed by atoms with Gasteiger partial charge in [-0.05, 0) is 12.8 Å². The minimum atomic E-state index is 0.111. The van der Waals surface area contributed by atoms with E-state index in [1.54, 1.807) is 0 Å². The fourth-order valence-corrected chi connectivity index (χ4v) is 2.81. The van der Waals surface area contributed by atoms with Crippen molar-refractivity contribution in [1.82, 2.24) is 0 Å². The van der Waals surface area contributed by atoms with Crippen LogP contribution in [0.15, 0.2) is 0 Å². The molecule has 0 atom stereocenters. The van der Waals surface area contributed by atoms with E-state index in [1.807, 2.05) is 0 Å². The second-order valence-corrected chi connectivity index (χ2v) is 3.52. The highest BCUT2D eigenvalue weighted by Gasteiger charge is 2.32. The molecule has 0 bridgehead atoms. The highest BCUT2D eigenvalue weighted by Crippen LogP contribution is 2.29. The topological polar surface area (TPSA) is 9.23 Å². The molecule has 0 aliphatic carbocycles. The number of ether oxygens (including phenoxy) is 1. The van der Waals surface area contributed by atoms with Gasteiger partial charge in [0.25, 0.3) is 0 Å². The van der Waals surface area contributed by atoms with E-state index in [-0.39, 0.29) is 5.60 Å². The number of hydrogen-bond donors (Lipinski definition) is 0. The SMILES string of the molecule is BrCC1(CBr)CCCO1. The van der Waals surface area contributed by atoms with E-state index in [2.05, 4.69) is 31.9 Å². The first-order valence-corrected chi connectivity index (χ1v) is 5.33. The zero-order valence-electron chi connectivity index (χ0n) is 5.20. The van der Waals surface area contributed by atoms with Crippen LogP contribution in [-0.2, 0) is 4.74 Å². The van der Waals surface area contributed by atoms with E-state index in [0.717, 1.165) is 17.3 Å². The summed E-state index contributed by atoms with van der Waals surface area (Å²) in [4.78, 5) is 0. The Morgan fingerprint density at radius 1 is 1.33 bits per heavy atom. The standard InChI is InChI=1S/C6H10Br2O/c7-4-6(5-8)2-1-3-9-6/h1-5H2. The molecular formula is C6H10Br2O. The fourth-order valence-electron chi connectivity index (χ4n) is 1.00. The summed E-state index contributed by atoms with van der Waals surface area (Å²) in [7, 11) is 0. The molecule has 0 aromatic rings. The summed E-state index contributed by atoms with van der Waals surface area (Å²) in [5, 5.41) is 1.90. The predicted octanol–water partition coefficient (Wildman–Crippen LogP) is 2.33. The van der Waals surface area contributed by atoms with Gasteiger partial charge in [-0.3, -0.25) is 0 Å². The van der Waals surface area contributed by atoms with Crippen molar-refractivity contribution in [3.63, 3.8) is 0 Å². The Hall–Kier alpha value is 0.920. The third kappa shape index (κ3) is 1.69. The van der Waals surface area contributed by atoms with E-state index in [0.29, 0.717) is 0 Å². The molecule has 1 aliphatic heterocycles. The van der Waals surface area contributed by atoms with Crippen molar-refractivity contribution in [2.45, 2.75) is 18.4 Å². The lowest BCUT2D eigenvalue weighted by molar-refractivity contribution is 0.0469. The van der Waals surface area contributed by atoms with Crippen LogP contribution in [0.3, 0.4) is 0 Å². The first kappa shape index (κ1) is 8.02. The Bertz CT molecular complexity index is 83.1. The molecule has 1 saturated heterocycles. The molecule has 1 rings (SSSR count). The lowest BCUT2D eigenvalue weighted by atomic mass is 10.1.